The summed E-state index contributed by atoms with van der Waals surface area (Å²) >= 11 is 1.32. The molecule has 0 aliphatic carbocycles. The molecule has 0 spiro atoms. The zero-order chi connectivity index (χ0) is 23.7. The summed E-state index contributed by atoms with van der Waals surface area (Å²) in [6.45, 7) is 2.53. The number of nitrogens with zero attached hydrogens (tertiary/aromatic N) is 1. The van der Waals surface area contributed by atoms with E-state index in [2.05, 4.69) is 34.3 Å². The second-order valence-electron chi connectivity index (χ2n) is 8.00. The molecular formula is C26H23N3O4S. The van der Waals surface area contributed by atoms with Crippen LogP contribution in [0.4, 0.5) is 11.4 Å². The Morgan fingerprint density at radius 2 is 1.79 bits per heavy atom. The summed E-state index contributed by atoms with van der Waals surface area (Å²) in [5.74, 6) is -1.27. The summed E-state index contributed by atoms with van der Waals surface area (Å²) in [6, 6.07) is 21.3. The van der Waals surface area contributed by atoms with Crippen molar-refractivity contribution < 1.29 is 19.1 Å². The Morgan fingerprint density at radius 3 is 2.65 bits per heavy atom. The van der Waals surface area contributed by atoms with Gasteiger partial charge in [0, 0.05) is 38.9 Å². The number of hydrogen-bond acceptors (Lipinski definition) is 5. The molecule has 1 aliphatic rings. The van der Waals surface area contributed by atoms with Gasteiger partial charge in [-0.2, -0.15) is 0 Å². The van der Waals surface area contributed by atoms with Crippen LogP contribution < -0.4 is 10.6 Å². The van der Waals surface area contributed by atoms with Gasteiger partial charge in [0.1, 0.15) is 0 Å². The summed E-state index contributed by atoms with van der Waals surface area (Å²) in [5, 5.41) is 7.17. The van der Waals surface area contributed by atoms with Gasteiger partial charge < -0.3 is 19.9 Å². The molecule has 5 rings (SSSR count). The van der Waals surface area contributed by atoms with Crippen molar-refractivity contribution >= 4 is 62.7 Å². The van der Waals surface area contributed by atoms with Crippen molar-refractivity contribution in [2.75, 3.05) is 17.2 Å². The zero-order valence-corrected chi connectivity index (χ0v) is 19.4. The van der Waals surface area contributed by atoms with Crippen LogP contribution >= 0.6 is 11.8 Å². The number of amides is 2. The lowest BCUT2D eigenvalue weighted by atomic mass is 10.1. The minimum absolute atomic E-state index is 0.111. The molecule has 4 aromatic rings. The standard InChI is InChI=1S/C26H23N3O4S/c1-2-29-20-9-5-3-7-17(20)18-13-16(11-12-21(18)29)27-24(30)15-33-25(31)14-23-26(32)28-19-8-4-6-10-22(19)34-23/h3-13,23H,2,14-15H2,1H3,(H,27,30)(H,28,32)/t23-/m0/s1. The number of carbonyl (C=O) groups is 3. The third kappa shape index (κ3) is 4.24. The molecule has 1 atom stereocenters. The molecule has 2 amide bonds. The molecule has 0 saturated carbocycles. The van der Waals surface area contributed by atoms with E-state index >= 15 is 0 Å². The van der Waals surface area contributed by atoms with Crippen LogP contribution in [0.5, 0.6) is 0 Å². The number of para-hydroxylation sites is 2. The lowest BCUT2D eigenvalue weighted by molar-refractivity contribution is -0.147. The Morgan fingerprint density at radius 1 is 1.03 bits per heavy atom. The van der Waals surface area contributed by atoms with Crippen molar-refractivity contribution in [1.82, 2.24) is 4.57 Å². The van der Waals surface area contributed by atoms with Crippen LogP contribution in [0.3, 0.4) is 0 Å². The number of fused-ring (bicyclic) bond motifs is 4. The summed E-state index contributed by atoms with van der Waals surface area (Å²) in [6.07, 6.45) is -0.111. The third-order valence-corrected chi connectivity index (χ3v) is 7.07. The Balaban J connectivity index is 1.21. The quantitative estimate of drug-likeness (QED) is 0.393. The van der Waals surface area contributed by atoms with E-state index in [1.165, 1.54) is 11.8 Å². The third-order valence-electron chi connectivity index (χ3n) is 5.80. The molecule has 0 fully saturated rings. The van der Waals surface area contributed by atoms with E-state index in [1.54, 1.807) is 0 Å². The second kappa shape index (κ2) is 9.23. The Hall–Kier alpha value is -3.78. The summed E-state index contributed by atoms with van der Waals surface area (Å²) in [7, 11) is 0. The topological polar surface area (TPSA) is 89.4 Å². The number of aromatic nitrogens is 1. The fraction of sp³-hybridized carbons (Fsp3) is 0.192. The highest BCUT2D eigenvalue weighted by molar-refractivity contribution is 8.01. The Bertz CT molecular complexity index is 1430. The molecule has 34 heavy (non-hydrogen) atoms. The van der Waals surface area contributed by atoms with Crippen LogP contribution in [-0.4, -0.2) is 34.2 Å². The Labute approximate surface area is 200 Å². The first-order valence-electron chi connectivity index (χ1n) is 11.1. The molecule has 7 nitrogen and oxygen atoms in total. The van der Waals surface area contributed by atoms with Crippen LogP contribution in [0.15, 0.2) is 71.6 Å². The van der Waals surface area contributed by atoms with E-state index in [4.69, 9.17) is 4.74 Å². The van der Waals surface area contributed by atoms with E-state index in [9.17, 15) is 14.4 Å². The van der Waals surface area contributed by atoms with Crippen LogP contribution in [-0.2, 0) is 25.7 Å². The highest BCUT2D eigenvalue weighted by atomic mass is 32.2. The molecule has 0 bridgehead atoms. The van der Waals surface area contributed by atoms with Gasteiger partial charge in [0.25, 0.3) is 5.91 Å². The van der Waals surface area contributed by atoms with Gasteiger partial charge in [0.05, 0.1) is 17.4 Å². The van der Waals surface area contributed by atoms with Gasteiger partial charge >= 0.3 is 5.97 Å². The number of aryl methyl sites for hydroxylation is 1. The molecular weight excluding hydrogens is 450 g/mol. The highest BCUT2D eigenvalue weighted by Gasteiger charge is 2.29. The monoisotopic (exact) mass is 473 g/mol. The molecule has 2 N–H and O–H groups in total. The van der Waals surface area contributed by atoms with Crippen molar-refractivity contribution in [2.24, 2.45) is 0 Å². The number of nitrogens with one attached hydrogen (secondary N) is 2. The summed E-state index contributed by atoms with van der Waals surface area (Å²) in [5.41, 5.74) is 3.61. The summed E-state index contributed by atoms with van der Waals surface area (Å²) in [4.78, 5) is 37.9. The maximum absolute atomic E-state index is 12.4. The van der Waals surface area contributed by atoms with Crippen molar-refractivity contribution in [3.8, 4) is 0 Å². The number of hydrogen-bond donors (Lipinski definition) is 2. The molecule has 1 aromatic heterocycles. The van der Waals surface area contributed by atoms with E-state index in [0.717, 1.165) is 38.9 Å². The van der Waals surface area contributed by atoms with Gasteiger partial charge in [0.2, 0.25) is 5.91 Å². The minimum atomic E-state index is -0.594. The first-order valence-corrected chi connectivity index (χ1v) is 11.9. The van der Waals surface area contributed by atoms with Gasteiger partial charge in [-0.3, -0.25) is 14.4 Å². The average Bonchev–Trinajstić information content (AvgIpc) is 3.16. The lowest BCUT2D eigenvalue weighted by Gasteiger charge is -2.23. The van der Waals surface area contributed by atoms with Gasteiger partial charge in [-0.25, -0.2) is 0 Å². The molecule has 1 aliphatic heterocycles. The fourth-order valence-electron chi connectivity index (χ4n) is 4.25. The molecule has 2 heterocycles. The van der Waals surface area contributed by atoms with Crippen LogP contribution in [0, 0.1) is 0 Å². The van der Waals surface area contributed by atoms with Gasteiger partial charge in [-0.15, -0.1) is 11.8 Å². The number of benzene rings is 3. The number of rotatable bonds is 6. The van der Waals surface area contributed by atoms with Crippen LogP contribution in [0.1, 0.15) is 13.3 Å². The first kappa shape index (κ1) is 22.0. The van der Waals surface area contributed by atoms with E-state index < -0.39 is 23.7 Å². The number of esters is 1. The van der Waals surface area contributed by atoms with Gasteiger partial charge in [-0.05, 0) is 43.3 Å². The number of ether oxygens (including phenoxy) is 1. The normalized spacial score (nSPS) is 15.1. The fourth-order valence-corrected chi connectivity index (χ4v) is 5.35. The molecule has 0 radical (unpaired) electrons. The predicted molar refractivity (Wildman–Crippen MR) is 134 cm³/mol. The van der Waals surface area contributed by atoms with Crippen LogP contribution in [0.25, 0.3) is 21.8 Å². The van der Waals surface area contributed by atoms with Gasteiger partial charge in [-0.1, -0.05) is 30.3 Å². The van der Waals surface area contributed by atoms with E-state index in [-0.39, 0.29) is 12.3 Å². The maximum Gasteiger partial charge on any atom is 0.307 e. The zero-order valence-electron chi connectivity index (χ0n) is 18.5. The Kier molecular flexibility index (Phi) is 5.98. The summed E-state index contributed by atoms with van der Waals surface area (Å²) < 4.78 is 7.38. The number of thioether (sulfide) groups is 1. The van der Waals surface area contributed by atoms with Gasteiger partial charge in [0.15, 0.2) is 6.61 Å². The number of carbonyl (C=O) groups excluding carboxylic acids is 3. The SMILES string of the molecule is CCn1c2ccccc2c2cc(NC(=O)COC(=O)C[C@@H]3Sc4ccccc4NC3=O)ccc21. The molecule has 8 heteroatoms. The molecule has 0 unspecified atom stereocenters. The first-order chi connectivity index (χ1) is 16.5. The molecule has 172 valence electrons. The van der Waals surface area contributed by atoms with Crippen molar-refractivity contribution in [2.45, 2.75) is 30.0 Å². The van der Waals surface area contributed by atoms with Crippen LogP contribution in [0.2, 0.25) is 0 Å². The molecule has 0 saturated heterocycles. The van der Waals surface area contributed by atoms with E-state index in [1.807, 2.05) is 54.6 Å². The number of anilines is 2. The second-order valence-corrected chi connectivity index (χ2v) is 9.24. The average molecular weight is 474 g/mol. The minimum Gasteiger partial charge on any atom is -0.456 e. The maximum atomic E-state index is 12.4. The van der Waals surface area contributed by atoms with Crippen molar-refractivity contribution in [3.63, 3.8) is 0 Å². The predicted octanol–water partition coefficient (Wildman–Crippen LogP) is 4.80. The smallest absolute Gasteiger partial charge is 0.307 e. The van der Waals surface area contributed by atoms with Crippen molar-refractivity contribution in [1.29, 1.82) is 0 Å². The lowest BCUT2D eigenvalue weighted by Crippen LogP contribution is -2.32. The largest absolute Gasteiger partial charge is 0.456 e. The highest BCUT2D eigenvalue weighted by Crippen LogP contribution is 2.36. The van der Waals surface area contributed by atoms with Crippen molar-refractivity contribution in [3.05, 3.63) is 66.7 Å². The van der Waals surface area contributed by atoms with E-state index in [0.29, 0.717) is 5.69 Å². The molecule has 3 aromatic carbocycles.